The van der Waals surface area contributed by atoms with Crippen molar-refractivity contribution in [3.8, 4) is 0 Å². The van der Waals surface area contributed by atoms with E-state index in [0.29, 0.717) is 5.56 Å². The van der Waals surface area contributed by atoms with Crippen LogP contribution >= 0.6 is 15.9 Å². The Labute approximate surface area is 94.7 Å². The van der Waals surface area contributed by atoms with Crippen LogP contribution in [0.2, 0.25) is 0 Å². The Hall–Kier alpha value is -1.36. The summed E-state index contributed by atoms with van der Waals surface area (Å²) in [6, 6.07) is 6.36. The van der Waals surface area contributed by atoms with Gasteiger partial charge in [0.1, 0.15) is 4.83 Å². The van der Waals surface area contributed by atoms with Gasteiger partial charge in [-0.3, -0.25) is 4.79 Å². The Balaban J connectivity index is 2.94. The van der Waals surface area contributed by atoms with Gasteiger partial charge in [-0.25, -0.2) is 4.79 Å². The number of aromatic carboxylic acids is 1. The molecule has 0 radical (unpaired) electrons. The van der Waals surface area contributed by atoms with Crippen LogP contribution in [0.15, 0.2) is 24.3 Å². The number of carbonyl (C=O) groups is 2. The zero-order chi connectivity index (χ0) is 11.4. The lowest BCUT2D eigenvalue weighted by atomic mass is 10.0. The molecule has 1 aromatic rings. The molecule has 0 aliphatic rings. The summed E-state index contributed by atoms with van der Waals surface area (Å²) in [7, 11) is 0. The molecule has 0 aliphatic heterocycles. The summed E-state index contributed by atoms with van der Waals surface area (Å²) in [4.78, 5) is 20.6. The molecule has 0 saturated carbocycles. The Morgan fingerprint density at radius 2 is 1.87 bits per heavy atom. The standard InChI is InChI=1S/C10H9BrO4/c11-8(10(14)15)5-6-3-1-2-4-7(6)9(12)13/h1-4,8H,5H2,(H,12,13)(H,14,15)/t8-/m0/s1. The van der Waals surface area contributed by atoms with Gasteiger partial charge in [0.05, 0.1) is 5.56 Å². The molecule has 1 atom stereocenters. The van der Waals surface area contributed by atoms with Crippen LogP contribution in [0.5, 0.6) is 0 Å². The molecule has 0 aliphatic carbocycles. The van der Waals surface area contributed by atoms with Gasteiger partial charge in [-0.15, -0.1) is 0 Å². The fraction of sp³-hybridized carbons (Fsp3) is 0.200. The van der Waals surface area contributed by atoms with E-state index in [0.717, 1.165) is 0 Å². The summed E-state index contributed by atoms with van der Waals surface area (Å²) in [5.74, 6) is -2.05. The summed E-state index contributed by atoms with van der Waals surface area (Å²) in [5.41, 5.74) is 0.650. The van der Waals surface area contributed by atoms with Crippen molar-refractivity contribution >= 4 is 27.9 Å². The van der Waals surface area contributed by atoms with Crippen LogP contribution in [0, 0.1) is 0 Å². The van der Waals surface area contributed by atoms with Crippen molar-refractivity contribution in [1.82, 2.24) is 0 Å². The van der Waals surface area contributed by atoms with Crippen LogP contribution in [-0.4, -0.2) is 27.0 Å². The fourth-order valence-corrected chi connectivity index (χ4v) is 1.54. The number of hydrogen-bond acceptors (Lipinski definition) is 2. The summed E-state index contributed by atoms with van der Waals surface area (Å²) in [6.07, 6.45) is 0.151. The van der Waals surface area contributed by atoms with Crippen LogP contribution in [0.1, 0.15) is 15.9 Å². The van der Waals surface area contributed by atoms with Gasteiger partial charge in [0.15, 0.2) is 0 Å². The molecule has 5 heteroatoms. The van der Waals surface area contributed by atoms with Crippen molar-refractivity contribution in [2.45, 2.75) is 11.2 Å². The first kappa shape index (κ1) is 11.7. The molecule has 0 aromatic heterocycles. The van der Waals surface area contributed by atoms with Crippen LogP contribution in [0.3, 0.4) is 0 Å². The Morgan fingerprint density at radius 1 is 1.27 bits per heavy atom. The third-order valence-corrected chi connectivity index (χ3v) is 2.63. The molecular formula is C10H9BrO4. The smallest absolute Gasteiger partial charge is 0.335 e. The second-order valence-electron chi connectivity index (χ2n) is 2.97. The number of rotatable bonds is 4. The minimum Gasteiger partial charge on any atom is -0.480 e. The predicted octanol–water partition coefficient (Wildman–Crippen LogP) is 1.78. The first-order valence-electron chi connectivity index (χ1n) is 4.20. The average Bonchev–Trinajstić information content (AvgIpc) is 2.18. The zero-order valence-corrected chi connectivity index (χ0v) is 9.27. The van der Waals surface area contributed by atoms with Crippen LogP contribution < -0.4 is 0 Å². The second-order valence-corrected chi connectivity index (χ2v) is 4.08. The highest BCUT2D eigenvalue weighted by Crippen LogP contribution is 2.15. The van der Waals surface area contributed by atoms with Gasteiger partial charge >= 0.3 is 11.9 Å². The van der Waals surface area contributed by atoms with E-state index in [-0.39, 0.29) is 12.0 Å². The van der Waals surface area contributed by atoms with Gasteiger partial charge in [-0.05, 0) is 18.1 Å². The van der Waals surface area contributed by atoms with E-state index in [1.54, 1.807) is 18.2 Å². The summed E-state index contributed by atoms with van der Waals surface area (Å²) < 4.78 is 0. The molecule has 80 valence electrons. The summed E-state index contributed by atoms with van der Waals surface area (Å²) in [5, 5.41) is 17.5. The monoisotopic (exact) mass is 272 g/mol. The third kappa shape index (κ3) is 3.06. The van der Waals surface area contributed by atoms with Gasteiger partial charge in [0.2, 0.25) is 0 Å². The number of halogens is 1. The van der Waals surface area contributed by atoms with Crippen LogP contribution in [-0.2, 0) is 11.2 Å². The molecular weight excluding hydrogens is 264 g/mol. The van der Waals surface area contributed by atoms with Gasteiger partial charge < -0.3 is 10.2 Å². The van der Waals surface area contributed by atoms with E-state index in [1.165, 1.54) is 6.07 Å². The van der Waals surface area contributed by atoms with Gasteiger partial charge in [-0.2, -0.15) is 0 Å². The molecule has 0 unspecified atom stereocenters. The number of alkyl halides is 1. The Bertz CT molecular complexity index is 389. The molecule has 0 spiro atoms. The normalized spacial score (nSPS) is 12.1. The van der Waals surface area contributed by atoms with Gasteiger partial charge in [0, 0.05) is 0 Å². The minimum absolute atomic E-state index is 0.142. The summed E-state index contributed by atoms with van der Waals surface area (Å²) in [6.45, 7) is 0. The van der Waals surface area contributed by atoms with Crippen molar-refractivity contribution in [3.63, 3.8) is 0 Å². The van der Waals surface area contributed by atoms with Crippen molar-refractivity contribution in [1.29, 1.82) is 0 Å². The van der Waals surface area contributed by atoms with Crippen LogP contribution in [0.25, 0.3) is 0 Å². The fourth-order valence-electron chi connectivity index (χ4n) is 1.19. The maximum atomic E-state index is 10.8. The van der Waals surface area contributed by atoms with E-state index >= 15 is 0 Å². The van der Waals surface area contributed by atoms with E-state index in [2.05, 4.69) is 15.9 Å². The van der Waals surface area contributed by atoms with Crippen molar-refractivity contribution in [3.05, 3.63) is 35.4 Å². The van der Waals surface area contributed by atoms with Gasteiger partial charge in [-0.1, -0.05) is 34.1 Å². The molecule has 0 bridgehead atoms. The lowest BCUT2D eigenvalue weighted by Gasteiger charge is -2.07. The molecule has 0 heterocycles. The van der Waals surface area contributed by atoms with Crippen molar-refractivity contribution in [2.75, 3.05) is 0 Å². The van der Waals surface area contributed by atoms with E-state index in [4.69, 9.17) is 10.2 Å². The molecule has 0 amide bonds. The predicted molar refractivity (Wildman–Crippen MR) is 57.5 cm³/mol. The van der Waals surface area contributed by atoms with E-state index < -0.39 is 16.8 Å². The first-order chi connectivity index (χ1) is 7.02. The highest BCUT2D eigenvalue weighted by Gasteiger charge is 2.17. The number of aliphatic carboxylic acids is 1. The number of carboxylic acid groups (broad SMARTS) is 2. The molecule has 4 nitrogen and oxygen atoms in total. The first-order valence-corrected chi connectivity index (χ1v) is 5.12. The van der Waals surface area contributed by atoms with Gasteiger partial charge in [0.25, 0.3) is 0 Å². The summed E-state index contributed by atoms with van der Waals surface area (Å²) >= 11 is 2.97. The van der Waals surface area contributed by atoms with E-state index in [1.807, 2.05) is 0 Å². The molecule has 15 heavy (non-hydrogen) atoms. The highest BCUT2D eigenvalue weighted by atomic mass is 79.9. The Kier molecular flexibility index (Phi) is 3.85. The number of carboxylic acids is 2. The van der Waals surface area contributed by atoms with E-state index in [9.17, 15) is 9.59 Å². The zero-order valence-electron chi connectivity index (χ0n) is 7.68. The lowest BCUT2D eigenvalue weighted by molar-refractivity contribution is -0.136. The highest BCUT2D eigenvalue weighted by molar-refractivity contribution is 9.10. The Morgan fingerprint density at radius 3 is 2.40 bits per heavy atom. The number of hydrogen-bond donors (Lipinski definition) is 2. The topological polar surface area (TPSA) is 74.6 Å². The van der Waals surface area contributed by atoms with Crippen molar-refractivity contribution < 1.29 is 19.8 Å². The second kappa shape index (κ2) is 4.93. The molecule has 0 fully saturated rings. The maximum Gasteiger partial charge on any atom is 0.335 e. The number of benzene rings is 1. The SMILES string of the molecule is O=C(O)c1ccccc1C[C@H](Br)C(=O)O. The molecule has 1 aromatic carbocycles. The molecule has 1 rings (SSSR count). The molecule has 2 N–H and O–H groups in total. The third-order valence-electron chi connectivity index (χ3n) is 1.91. The largest absolute Gasteiger partial charge is 0.480 e. The maximum absolute atomic E-state index is 10.8. The average molecular weight is 273 g/mol. The quantitative estimate of drug-likeness (QED) is 0.820. The van der Waals surface area contributed by atoms with Crippen molar-refractivity contribution in [2.24, 2.45) is 0 Å². The molecule has 0 saturated heterocycles. The minimum atomic E-state index is -1.05. The lowest BCUT2D eigenvalue weighted by Crippen LogP contribution is -2.17. The van der Waals surface area contributed by atoms with Crippen LogP contribution in [0.4, 0.5) is 0 Å².